The Morgan fingerprint density at radius 1 is 1.29 bits per heavy atom. The zero-order valence-electron chi connectivity index (χ0n) is 12.5. The zero-order chi connectivity index (χ0) is 17.7. The Hall–Kier alpha value is -2.91. The smallest absolute Gasteiger partial charge is 0.340 e. The first kappa shape index (κ1) is 17.4. The number of anilines is 1. The van der Waals surface area contributed by atoms with Gasteiger partial charge in [-0.3, -0.25) is 4.79 Å². The van der Waals surface area contributed by atoms with Crippen LogP contribution in [0.3, 0.4) is 0 Å². The summed E-state index contributed by atoms with van der Waals surface area (Å²) in [6, 6.07) is 11.6. The van der Waals surface area contributed by atoms with Crippen LogP contribution in [0.4, 0.5) is 10.1 Å². The van der Waals surface area contributed by atoms with Crippen molar-refractivity contribution in [2.45, 2.75) is 13.0 Å². The Morgan fingerprint density at radius 3 is 2.67 bits per heavy atom. The van der Waals surface area contributed by atoms with Crippen LogP contribution in [0.5, 0.6) is 0 Å². The van der Waals surface area contributed by atoms with Crippen molar-refractivity contribution in [3.63, 3.8) is 0 Å². The number of rotatable bonds is 4. The minimum Gasteiger partial charge on any atom is -0.449 e. The summed E-state index contributed by atoms with van der Waals surface area (Å²) in [5, 5.41) is 11.4. The second kappa shape index (κ2) is 7.57. The highest BCUT2D eigenvalue weighted by Crippen LogP contribution is 2.19. The minimum absolute atomic E-state index is 0.0462. The fourth-order valence-corrected chi connectivity index (χ4v) is 2.10. The topological polar surface area (TPSA) is 79.2 Å². The lowest BCUT2D eigenvalue weighted by atomic mass is 10.2. The third kappa shape index (κ3) is 4.09. The standard InChI is InChI=1S/C17H12ClFN2O3/c1-10(16(22)21-15-5-3-2-4-11(15)9-20)24-17(23)13-7-6-12(19)8-14(13)18/h2-8,10H,1H3,(H,21,22)/t10-/m1/s1. The van der Waals surface area contributed by atoms with Gasteiger partial charge in [-0.2, -0.15) is 5.26 Å². The summed E-state index contributed by atoms with van der Waals surface area (Å²) in [4.78, 5) is 24.1. The highest BCUT2D eigenvalue weighted by Gasteiger charge is 2.21. The Balaban J connectivity index is 2.06. The molecule has 2 aromatic carbocycles. The van der Waals surface area contributed by atoms with Crippen molar-refractivity contribution in [3.8, 4) is 6.07 Å². The van der Waals surface area contributed by atoms with Gasteiger partial charge in [-0.25, -0.2) is 9.18 Å². The van der Waals surface area contributed by atoms with Gasteiger partial charge in [0.15, 0.2) is 6.10 Å². The molecule has 1 atom stereocenters. The third-order valence-corrected chi connectivity index (χ3v) is 3.42. The van der Waals surface area contributed by atoms with E-state index >= 15 is 0 Å². The van der Waals surface area contributed by atoms with E-state index in [1.807, 2.05) is 6.07 Å². The summed E-state index contributed by atoms with van der Waals surface area (Å²) in [6.45, 7) is 1.37. The van der Waals surface area contributed by atoms with Gasteiger partial charge in [0, 0.05) is 0 Å². The first-order chi connectivity index (χ1) is 11.4. The van der Waals surface area contributed by atoms with E-state index in [9.17, 15) is 14.0 Å². The van der Waals surface area contributed by atoms with E-state index < -0.39 is 23.8 Å². The number of nitriles is 1. The van der Waals surface area contributed by atoms with Crippen molar-refractivity contribution < 1.29 is 18.7 Å². The van der Waals surface area contributed by atoms with Gasteiger partial charge in [-0.1, -0.05) is 23.7 Å². The molecule has 0 fully saturated rings. The van der Waals surface area contributed by atoms with Crippen molar-refractivity contribution in [2.24, 2.45) is 0 Å². The molecule has 0 unspecified atom stereocenters. The molecule has 2 aromatic rings. The van der Waals surface area contributed by atoms with Crippen LogP contribution in [0, 0.1) is 17.1 Å². The molecule has 0 aromatic heterocycles. The Kier molecular flexibility index (Phi) is 5.51. The molecule has 0 aliphatic heterocycles. The lowest BCUT2D eigenvalue weighted by molar-refractivity contribution is -0.123. The number of benzene rings is 2. The second-order valence-corrected chi connectivity index (χ2v) is 5.23. The number of halogens is 2. The van der Waals surface area contributed by atoms with Gasteiger partial charge in [0.25, 0.3) is 5.91 Å². The molecule has 122 valence electrons. The van der Waals surface area contributed by atoms with Gasteiger partial charge in [0.05, 0.1) is 21.8 Å². The number of carbonyl (C=O) groups is 2. The summed E-state index contributed by atoms with van der Waals surface area (Å²) >= 11 is 5.78. The fraction of sp³-hybridized carbons (Fsp3) is 0.118. The maximum Gasteiger partial charge on any atom is 0.340 e. The Bertz CT molecular complexity index is 833. The molecule has 1 N–H and O–H groups in total. The zero-order valence-corrected chi connectivity index (χ0v) is 13.3. The Labute approximate surface area is 142 Å². The molecule has 0 bridgehead atoms. The fourth-order valence-electron chi connectivity index (χ4n) is 1.86. The van der Waals surface area contributed by atoms with E-state index in [0.29, 0.717) is 5.69 Å². The summed E-state index contributed by atoms with van der Waals surface area (Å²) < 4.78 is 18.0. The monoisotopic (exact) mass is 346 g/mol. The van der Waals surface area contributed by atoms with Crippen molar-refractivity contribution in [1.29, 1.82) is 5.26 Å². The SMILES string of the molecule is C[C@@H](OC(=O)c1ccc(F)cc1Cl)C(=O)Nc1ccccc1C#N. The van der Waals surface area contributed by atoms with E-state index in [1.165, 1.54) is 13.0 Å². The van der Waals surface area contributed by atoms with Crippen LogP contribution in [0.2, 0.25) is 5.02 Å². The molecule has 0 aliphatic carbocycles. The Morgan fingerprint density at radius 2 is 2.00 bits per heavy atom. The van der Waals surface area contributed by atoms with Crippen molar-refractivity contribution in [1.82, 2.24) is 0 Å². The third-order valence-electron chi connectivity index (χ3n) is 3.11. The van der Waals surface area contributed by atoms with Crippen LogP contribution in [0.25, 0.3) is 0 Å². The highest BCUT2D eigenvalue weighted by molar-refractivity contribution is 6.33. The highest BCUT2D eigenvalue weighted by atomic mass is 35.5. The number of hydrogen-bond acceptors (Lipinski definition) is 4. The lowest BCUT2D eigenvalue weighted by Gasteiger charge is -2.14. The predicted octanol–water partition coefficient (Wildman–Crippen LogP) is 3.53. The van der Waals surface area contributed by atoms with E-state index in [0.717, 1.165) is 12.1 Å². The van der Waals surface area contributed by atoms with Crippen LogP contribution in [0.1, 0.15) is 22.8 Å². The molecule has 0 saturated heterocycles. The van der Waals surface area contributed by atoms with Gasteiger partial charge in [0.1, 0.15) is 11.9 Å². The van der Waals surface area contributed by atoms with E-state index in [4.69, 9.17) is 21.6 Å². The van der Waals surface area contributed by atoms with Crippen LogP contribution >= 0.6 is 11.6 Å². The van der Waals surface area contributed by atoms with Crippen LogP contribution in [-0.4, -0.2) is 18.0 Å². The predicted molar refractivity (Wildman–Crippen MR) is 86.1 cm³/mol. The van der Waals surface area contributed by atoms with Crippen LogP contribution in [0.15, 0.2) is 42.5 Å². The quantitative estimate of drug-likeness (QED) is 0.859. The molecule has 0 spiro atoms. The summed E-state index contributed by atoms with van der Waals surface area (Å²) in [6.07, 6.45) is -1.13. The van der Waals surface area contributed by atoms with Gasteiger partial charge >= 0.3 is 5.97 Å². The average molecular weight is 347 g/mol. The molecule has 24 heavy (non-hydrogen) atoms. The molecular formula is C17H12ClFN2O3. The maximum atomic E-state index is 13.0. The summed E-state index contributed by atoms with van der Waals surface area (Å²) in [5.74, 6) is -2.05. The van der Waals surface area contributed by atoms with Crippen LogP contribution < -0.4 is 5.32 Å². The van der Waals surface area contributed by atoms with E-state index in [1.54, 1.807) is 24.3 Å². The van der Waals surface area contributed by atoms with E-state index in [-0.39, 0.29) is 16.1 Å². The molecule has 5 nitrogen and oxygen atoms in total. The molecule has 0 heterocycles. The number of ether oxygens (including phenoxy) is 1. The number of para-hydroxylation sites is 1. The largest absolute Gasteiger partial charge is 0.449 e. The summed E-state index contributed by atoms with van der Waals surface area (Å²) in [7, 11) is 0. The maximum absolute atomic E-state index is 13.0. The van der Waals surface area contributed by atoms with Gasteiger partial charge in [-0.15, -0.1) is 0 Å². The molecule has 0 saturated carbocycles. The first-order valence-corrected chi connectivity index (χ1v) is 7.26. The number of amides is 1. The molecule has 7 heteroatoms. The first-order valence-electron chi connectivity index (χ1n) is 6.88. The van der Waals surface area contributed by atoms with Crippen molar-refractivity contribution >= 4 is 29.2 Å². The average Bonchev–Trinajstić information content (AvgIpc) is 2.55. The van der Waals surface area contributed by atoms with Crippen molar-refractivity contribution in [3.05, 3.63) is 64.4 Å². The number of nitrogens with zero attached hydrogens (tertiary/aromatic N) is 1. The molecule has 1 amide bonds. The molecule has 0 radical (unpaired) electrons. The molecule has 2 rings (SSSR count). The lowest BCUT2D eigenvalue weighted by Crippen LogP contribution is -2.30. The number of nitrogens with one attached hydrogen (secondary N) is 1. The van der Waals surface area contributed by atoms with Gasteiger partial charge in [-0.05, 0) is 37.3 Å². The number of carbonyl (C=O) groups excluding carboxylic acids is 2. The number of hydrogen-bond donors (Lipinski definition) is 1. The molecular weight excluding hydrogens is 335 g/mol. The number of esters is 1. The van der Waals surface area contributed by atoms with Crippen LogP contribution in [-0.2, 0) is 9.53 Å². The summed E-state index contributed by atoms with van der Waals surface area (Å²) in [5.41, 5.74) is 0.550. The second-order valence-electron chi connectivity index (χ2n) is 4.82. The van der Waals surface area contributed by atoms with Gasteiger partial charge in [0.2, 0.25) is 0 Å². The molecule has 0 aliphatic rings. The normalized spacial score (nSPS) is 11.2. The van der Waals surface area contributed by atoms with E-state index in [2.05, 4.69) is 5.32 Å². The van der Waals surface area contributed by atoms with Gasteiger partial charge < -0.3 is 10.1 Å². The minimum atomic E-state index is -1.13. The van der Waals surface area contributed by atoms with Crippen molar-refractivity contribution in [2.75, 3.05) is 5.32 Å².